The molecule has 5 nitrogen and oxygen atoms in total. The van der Waals surface area contributed by atoms with E-state index in [0.717, 1.165) is 10.2 Å². The molecule has 0 spiro atoms. The molecule has 1 aromatic carbocycles. The zero-order chi connectivity index (χ0) is 16.3. The number of rotatable bonds is 4. The summed E-state index contributed by atoms with van der Waals surface area (Å²) in [5.74, 6) is -0.735. The number of thiazole rings is 1. The van der Waals surface area contributed by atoms with Gasteiger partial charge in [-0.2, -0.15) is 13.2 Å². The average molecular weight is 333 g/mol. The fraction of sp³-hybridized carbons (Fsp3) is 0.385. The lowest BCUT2D eigenvalue weighted by Crippen LogP contribution is -2.35. The molecule has 0 saturated heterocycles. The summed E-state index contributed by atoms with van der Waals surface area (Å²) in [4.78, 5) is 12.2. The van der Waals surface area contributed by atoms with Crippen LogP contribution in [0.5, 0.6) is 0 Å². The molecule has 22 heavy (non-hydrogen) atoms. The summed E-state index contributed by atoms with van der Waals surface area (Å²) < 4.78 is 43.3. The standard InChI is InChI=1S/C13H14F3N3O2S/c1-8(21-7-13(14,15)16)11(20)17-18-12-19(2)9-5-3-4-6-10(9)22-12/h3-6,8H,7H2,1-2H3,(H,17,20)/t8-/m1/s1. The normalized spacial score (nSPS) is 14.3. The fourth-order valence-corrected chi connectivity index (χ4v) is 2.66. The Bertz CT molecular complexity index is 736. The van der Waals surface area contributed by atoms with Crippen LogP contribution in [0.1, 0.15) is 6.92 Å². The number of para-hydroxylation sites is 1. The molecule has 9 heteroatoms. The quantitative estimate of drug-likeness (QED) is 0.872. The van der Waals surface area contributed by atoms with Crippen LogP contribution in [0.4, 0.5) is 13.2 Å². The Hall–Kier alpha value is -1.87. The lowest BCUT2D eigenvalue weighted by Gasteiger charge is -2.12. The van der Waals surface area contributed by atoms with Crippen molar-refractivity contribution in [1.29, 1.82) is 0 Å². The SMILES string of the molecule is C[C@@H](OCC(F)(F)F)C(=O)NN=c1sc2ccccc2n1C. The van der Waals surface area contributed by atoms with Crippen LogP contribution in [-0.2, 0) is 16.6 Å². The van der Waals surface area contributed by atoms with Gasteiger partial charge in [0.2, 0.25) is 4.80 Å². The number of benzene rings is 1. The van der Waals surface area contributed by atoms with Gasteiger partial charge in [-0.3, -0.25) is 4.79 Å². The highest BCUT2D eigenvalue weighted by Gasteiger charge is 2.29. The molecule has 0 saturated carbocycles. The molecule has 1 aromatic heterocycles. The molecule has 0 aliphatic heterocycles. The molecule has 1 amide bonds. The molecule has 0 aliphatic carbocycles. The molecule has 0 radical (unpaired) electrons. The number of ether oxygens (including phenoxy) is 1. The number of carbonyl (C=O) groups excluding carboxylic acids is 1. The van der Waals surface area contributed by atoms with Gasteiger partial charge in [0.05, 0.1) is 10.2 Å². The summed E-state index contributed by atoms with van der Waals surface area (Å²) in [7, 11) is 1.79. The molecule has 2 aromatic rings. The van der Waals surface area contributed by atoms with E-state index in [4.69, 9.17) is 0 Å². The predicted molar refractivity (Wildman–Crippen MR) is 76.0 cm³/mol. The van der Waals surface area contributed by atoms with E-state index < -0.39 is 24.8 Å². The van der Waals surface area contributed by atoms with Crippen LogP contribution in [0.15, 0.2) is 29.4 Å². The first-order valence-electron chi connectivity index (χ1n) is 6.34. The van der Waals surface area contributed by atoms with Crippen LogP contribution in [0.25, 0.3) is 10.2 Å². The first-order valence-corrected chi connectivity index (χ1v) is 7.16. The number of amides is 1. The summed E-state index contributed by atoms with van der Waals surface area (Å²) in [6.07, 6.45) is -5.71. The lowest BCUT2D eigenvalue weighted by atomic mass is 10.3. The Morgan fingerprint density at radius 3 is 2.77 bits per heavy atom. The van der Waals surface area contributed by atoms with Gasteiger partial charge in [-0.05, 0) is 19.1 Å². The number of alkyl halides is 3. The Morgan fingerprint density at radius 2 is 2.14 bits per heavy atom. The van der Waals surface area contributed by atoms with Crippen molar-refractivity contribution in [2.24, 2.45) is 12.1 Å². The van der Waals surface area contributed by atoms with E-state index >= 15 is 0 Å². The van der Waals surface area contributed by atoms with Crippen molar-refractivity contribution < 1.29 is 22.7 Å². The molecule has 1 atom stereocenters. The molecular formula is C13H14F3N3O2S. The zero-order valence-electron chi connectivity index (χ0n) is 11.8. The maximum Gasteiger partial charge on any atom is 0.411 e. The molecular weight excluding hydrogens is 319 g/mol. The topological polar surface area (TPSA) is 55.6 Å². The Kier molecular flexibility index (Phi) is 4.87. The molecule has 1 heterocycles. The lowest BCUT2D eigenvalue weighted by molar-refractivity contribution is -0.185. The van der Waals surface area contributed by atoms with Crippen LogP contribution in [-0.4, -0.2) is 29.4 Å². The van der Waals surface area contributed by atoms with E-state index in [1.165, 1.54) is 18.3 Å². The third kappa shape index (κ3) is 4.08. The minimum Gasteiger partial charge on any atom is -0.359 e. The van der Waals surface area contributed by atoms with Crippen molar-refractivity contribution in [3.8, 4) is 0 Å². The number of hydrogen-bond acceptors (Lipinski definition) is 4. The van der Waals surface area contributed by atoms with Crippen LogP contribution >= 0.6 is 11.3 Å². The van der Waals surface area contributed by atoms with Gasteiger partial charge < -0.3 is 9.30 Å². The van der Waals surface area contributed by atoms with Crippen molar-refractivity contribution in [2.45, 2.75) is 19.2 Å². The van der Waals surface area contributed by atoms with Crippen molar-refractivity contribution in [2.75, 3.05) is 6.61 Å². The molecule has 1 N–H and O–H groups in total. The highest BCUT2D eigenvalue weighted by atomic mass is 32.1. The van der Waals surface area contributed by atoms with Gasteiger partial charge in [0, 0.05) is 7.05 Å². The summed E-state index contributed by atoms with van der Waals surface area (Å²) in [6, 6.07) is 7.58. The number of aryl methyl sites for hydroxylation is 1. The predicted octanol–water partition coefficient (Wildman–Crippen LogP) is 2.14. The smallest absolute Gasteiger partial charge is 0.359 e. The molecule has 2 rings (SSSR count). The van der Waals surface area contributed by atoms with Crippen molar-refractivity contribution >= 4 is 27.5 Å². The van der Waals surface area contributed by atoms with Crippen LogP contribution < -0.4 is 10.2 Å². The largest absolute Gasteiger partial charge is 0.411 e. The number of fused-ring (bicyclic) bond motifs is 1. The van der Waals surface area contributed by atoms with E-state index in [2.05, 4.69) is 15.3 Å². The van der Waals surface area contributed by atoms with Crippen molar-refractivity contribution in [3.63, 3.8) is 0 Å². The van der Waals surface area contributed by atoms with E-state index in [-0.39, 0.29) is 0 Å². The van der Waals surface area contributed by atoms with Gasteiger partial charge in [-0.25, -0.2) is 5.43 Å². The second kappa shape index (κ2) is 6.49. The van der Waals surface area contributed by atoms with E-state index in [0.29, 0.717) is 4.80 Å². The fourth-order valence-electron chi connectivity index (χ4n) is 1.68. The van der Waals surface area contributed by atoms with Gasteiger partial charge in [-0.1, -0.05) is 23.5 Å². The third-order valence-electron chi connectivity index (χ3n) is 2.84. The Morgan fingerprint density at radius 1 is 1.45 bits per heavy atom. The van der Waals surface area contributed by atoms with E-state index in [1.807, 2.05) is 24.3 Å². The van der Waals surface area contributed by atoms with Crippen molar-refractivity contribution in [3.05, 3.63) is 29.1 Å². The minimum absolute atomic E-state index is 0.526. The number of carbonyl (C=O) groups is 1. The van der Waals surface area contributed by atoms with E-state index in [9.17, 15) is 18.0 Å². The summed E-state index contributed by atoms with van der Waals surface area (Å²) >= 11 is 1.36. The van der Waals surface area contributed by atoms with Gasteiger partial charge in [-0.15, -0.1) is 5.10 Å². The van der Waals surface area contributed by atoms with Crippen LogP contribution in [0, 0.1) is 0 Å². The minimum atomic E-state index is -4.47. The summed E-state index contributed by atoms with van der Waals surface area (Å²) in [6.45, 7) is -0.236. The number of halogens is 3. The Labute approximate surface area is 128 Å². The molecule has 120 valence electrons. The maximum atomic E-state index is 12.0. The molecule has 0 bridgehead atoms. The molecule has 0 fully saturated rings. The Balaban J connectivity index is 2.06. The summed E-state index contributed by atoms with van der Waals surface area (Å²) in [5, 5.41) is 3.93. The molecule has 0 aliphatic rings. The zero-order valence-corrected chi connectivity index (χ0v) is 12.7. The first kappa shape index (κ1) is 16.5. The van der Waals surface area contributed by atoms with Crippen LogP contribution in [0.3, 0.4) is 0 Å². The van der Waals surface area contributed by atoms with Gasteiger partial charge in [0.25, 0.3) is 5.91 Å². The highest BCUT2D eigenvalue weighted by molar-refractivity contribution is 7.16. The number of nitrogens with zero attached hydrogens (tertiary/aromatic N) is 2. The number of hydrogen-bond donors (Lipinski definition) is 1. The number of nitrogens with one attached hydrogen (secondary N) is 1. The third-order valence-corrected chi connectivity index (χ3v) is 3.96. The van der Waals surface area contributed by atoms with Crippen molar-refractivity contribution in [1.82, 2.24) is 9.99 Å². The second-order valence-electron chi connectivity index (χ2n) is 4.57. The van der Waals surface area contributed by atoms with Gasteiger partial charge in [0.15, 0.2) is 0 Å². The van der Waals surface area contributed by atoms with Gasteiger partial charge >= 0.3 is 6.18 Å². The monoisotopic (exact) mass is 333 g/mol. The van der Waals surface area contributed by atoms with Gasteiger partial charge in [0.1, 0.15) is 12.7 Å². The van der Waals surface area contributed by atoms with Crippen LogP contribution in [0.2, 0.25) is 0 Å². The summed E-state index contributed by atoms with van der Waals surface area (Å²) in [5.41, 5.74) is 3.17. The first-order chi connectivity index (χ1) is 10.3. The highest BCUT2D eigenvalue weighted by Crippen LogP contribution is 2.16. The number of aromatic nitrogens is 1. The van der Waals surface area contributed by atoms with E-state index in [1.54, 1.807) is 11.6 Å². The molecule has 0 unspecified atom stereocenters. The second-order valence-corrected chi connectivity index (χ2v) is 5.58. The average Bonchev–Trinajstić information content (AvgIpc) is 2.78. The maximum absolute atomic E-state index is 12.0.